The molecule has 0 atom stereocenters. The molecule has 1 aliphatic rings. The third-order valence-electron chi connectivity index (χ3n) is 8.47. The van der Waals surface area contributed by atoms with Crippen LogP contribution in [0.15, 0.2) is 175 Å². The van der Waals surface area contributed by atoms with E-state index in [4.69, 9.17) is 0 Å². The van der Waals surface area contributed by atoms with Crippen LogP contribution >= 0.6 is 0 Å². The maximum absolute atomic E-state index is 2.43. The smallest absolute Gasteiger partial charge is 0.0548 e. The van der Waals surface area contributed by atoms with E-state index in [0.717, 1.165) is 0 Å². The van der Waals surface area contributed by atoms with Crippen molar-refractivity contribution in [3.63, 3.8) is 0 Å². The summed E-state index contributed by atoms with van der Waals surface area (Å²) in [5.74, 6) is 0.116. The monoisotopic (exact) mass is 542 g/mol. The normalized spacial score (nSPS) is 15.0. The summed E-state index contributed by atoms with van der Waals surface area (Å²) in [6, 6.07) is 52.7. The van der Waals surface area contributed by atoms with Crippen molar-refractivity contribution in [2.75, 3.05) is 0 Å². The van der Waals surface area contributed by atoms with Crippen molar-refractivity contribution in [1.82, 2.24) is 0 Å². The molecule has 5 aromatic rings. The third kappa shape index (κ3) is 5.21. The second-order valence-electron chi connectivity index (χ2n) is 12.2. The molecule has 0 aliphatic heterocycles. The Labute approximate surface area is 251 Å². The van der Waals surface area contributed by atoms with Gasteiger partial charge in [-0.05, 0) is 49.9 Å². The van der Waals surface area contributed by atoms with Crippen LogP contribution in [0.5, 0.6) is 0 Å². The van der Waals surface area contributed by atoms with E-state index in [1.807, 2.05) is 0 Å². The first-order valence-corrected chi connectivity index (χ1v) is 14.9. The molecule has 0 bridgehead atoms. The molecule has 0 heteroatoms. The fourth-order valence-corrected chi connectivity index (χ4v) is 6.66. The van der Waals surface area contributed by atoms with E-state index in [9.17, 15) is 0 Å². The van der Waals surface area contributed by atoms with E-state index >= 15 is 0 Å². The summed E-state index contributed by atoms with van der Waals surface area (Å²) in [7, 11) is 0. The Morgan fingerprint density at radius 2 is 0.857 bits per heavy atom. The zero-order valence-electron chi connectivity index (χ0n) is 24.7. The molecular weight excluding hydrogens is 504 g/mol. The quantitative estimate of drug-likeness (QED) is 0.187. The van der Waals surface area contributed by atoms with Crippen molar-refractivity contribution < 1.29 is 0 Å². The van der Waals surface area contributed by atoms with Gasteiger partial charge >= 0.3 is 0 Å². The van der Waals surface area contributed by atoms with Gasteiger partial charge in [-0.3, -0.25) is 0 Å². The molecule has 6 rings (SSSR count). The summed E-state index contributed by atoms with van der Waals surface area (Å²) < 4.78 is 0. The van der Waals surface area contributed by atoms with Gasteiger partial charge in [-0.25, -0.2) is 0 Å². The Balaban J connectivity index is 1.54. The molecule has 0 amide bonds. The van der Waals surface area contributed by atoms with Crippen molar-refractivity contribution in [1.29, 1.82) is 0 Å². The largest absolute Gasteiger partial charge is 0.0754 e. The molecule has 0 nitrogen and oxygen atoms in total. The highest BCUT2D eigenvalue weighted by molar-refractivity contribution is 5.77. The summed E-state index contributed by atoms with van der Waals surface area (Å²) >= 11 is 0. The van der Waals surface area contributed by atoms with Crippen LogP contribution in [0, 0.1) is 11.3 Å². The maximum atomic E-state index is 2.43. The zero-order valence-corrected chi connectivity index (χ0v) is 24.7. The Morgan fingerprint density at radius 3 is 1.33 bits per heavy atom. The van der Waals surface area contributed by atoms with Gasteiger partial charge in [0.05, 0.1) is 5.41 Å². The SMILES string of the molecule is CC(C)(C)C(=C1C=CC(C(c2ccccc2)(c2ccccc2)c2ccc(-c3ccccc3)cc2)C=C1)c1ccccc1. The maximum Gasteiger partial charge on any atom is 0.0548 e. The lowest BCUT2D eigenvalue weighted by atomic mass is 9.60. The minimum atomic E-state index is -0.398. The number of allylic oxidation sites excluding steroid dienone is 6. The zero-order chi connectivity index (χ0) is 29.0. The first kappa shape index (κ1) is 27.5. The van der Waals surface area contributed by atoms with Gasteiger partial charge in [-0.2, -0.15) is 0 Å². The lowest BCUT2D eigenvalue weighted by Gasteiger charge is -2.41. The van der Waals surface area contributed by atoms with Crippen LogP contribution < -0.4 is 0 Å². The summed E-state index contributed by atoms with van der Waals surface area (Å²) in [4.78, 5) is 0. The van der Waals surface area contributed by atoms with Gasteiger partial charge < -0.3 is 0 Å². The van der Waals surface area contributed by atoms with Gasteiger partial charge in [0.1, 0.15) is 0 Å². The highest BCUT2D eigenvalue weighted by Gasteiger charge is 2.42. The molecule has 0 heterocycles. The molecule has 1 aliphatic carbocycles. The molecule has 0 aromatic heterocycles. The Kier molecular flexibility index (Phi) is 7.64. The van der Waals surface area contributed by atoms with Crippen LogP contribution in [0.2, 0.25) is 0 Å². The molecule has 206 valence electrons. The lowest BCUT2D eigenvalue weighted by Crippen LogP contribution is -2.37. The molecule has 5 aromatic carbocycles. The lowest BCUT2D eigenvalue weighted by molar-refractivity contribution is 0.521. The fraction of sp³-hybridized carbons (Fsp3) is 0.143. The summed E-state index contributed by atoms with van der Waals surface area (Å²) in [5.41, 5.74) is 9.84. The van der Waals surface area contributed by atoms with Gasteiger partial charge in [-0.1, -0.05) is 191 Å². The van der Waals surface area contributed by atoms with E-state index in [1.165, 1.54) is 44.5 Å². The van der Waals surface area contributed by atoms with Gasteiger partial charge in [0.25, 0.3) is 0 Å². The standard InChI is InChI=1S/C42H38/c1-41(2,3)40(34-18-10-5-11-19-34)35-26-30-39(31-27-35)42(36-20-12-6-13-21-36,37-22-14-7-15-23-37)38-28-24-33(25-29-38)32-16-8-4-9-17-32/h4-31,39H,1-3H3. The molecule has 0 saturated carbocycles. The second-order valence-corrected chi connectivity index (χ2v) is 12.2. The van der Waals surface area contributed by atoms with E-state index in [2.05, 4.69) is 191 Å². The topological polar surface area (TPSA) is 0 Å². The van der Waals surface area contributed by atoms with Crippen LogP contribution in [-0.2, 0) is 5.41 Å². The minimum absolute atomic E-state index is 0.00141. The summed E-state index contributed by atoms with van der Waals surface area (Å²) in [5, 5.41) is 0. The number of hydrogen-bond acceptors (Lipinski definition) is 0. The van der Waals surface area contributed by atoms with E-state index in [1.54, 1.807) is 0 Å². The summed E-state index contributed by atoms with van der Waals surface area (Å²) in [6.45, 7) is 6.92. The predicted molar refractivity (Wildman–Crippen MR) is 179 cm³/mol. The Morgan fingerprint density at radius 1 is 0.452 bits per heavy atom. The number of benzene rings is 5. The molecule has 0 unspecified atom stereocenters. The van der Waals surface area contributed by atoms with Crippen molar-refractivity contribution >= 4 is 5.57 Å². The molecule has 0 radical (unpaired) electrons. The van der Waals surface area contributed by atoms with Crippen molar-refractivity contribution in [2.24, 2.45) is 11.3 Å². The Bertz CT molecular complexity index is 1640. The number of hydrogen-bond donors (Lipinski definition) is 0. The predicted octanol–water partition coefficient (Wildman–Crippen LogP) is 10.9. The Hall–Kier alpha value is -4.68. The van der Waals surface area contributed by atoms with Crippen molar-refractivity contribution in [2.45, 2.75) is 26.2 Å². The highest BCUT2D eigenvalue weighted by Crippen LogP contribution is 2.49. The van der Waals surface area contributed by atoms with Gasteiger partial charge in [0.2, 0.25) is 0 Å². The average Bonchev–Trinajstić information content (AvgIpc) is 3.04. The van der Waals surface area contributed by atoms with Crippen LogP contribution in [0.25, 0.3) is 16.7 Å². The highest BCUT2D eigenvalue weighted by atomic mass is 14.4. The first-order chi connectivity index (χ1) is 20.5. The molecule has 0 saturated heterocycles. The molecular formula is C42H38. The van der Waals surface area contributed by atoms with Crippen LogP contribution in [0.1, 0.15) is 43.0 Å². The summed E-state index contributed by atoms with van der Waals surface area (Å²) in [6.07, 6.45) is 9.57. The molecule has 42 heavy (non-hydrogen) atoms. The van der Waals surface area contributed by atoms with Crippen LogP contribution in [0.3, 0.4) is 0 Å². The van der Waals surface area contributed by atoms with Crippen molar-refractivity contribution in [3.8, 4) is 11.1 Å². The number of rotatable bonds is 6. The minimum Gasteiger partial charge on any atom is -0.0754 e. The van der Waals surface area contributed by atoms with E-state index in [-0.39, 0.29) is 11.3 Å². The van der Waals surface area contributed by atoms with E-state index in [0.29, 0.717) is 0 Å². The van der Waals surface area contributed by atoms with Crippen molar-refractivity contribution in [3.05, 3.63) is 198 Å². The average molecular weight is 543 g/mol. The van der Waals surface area contributed by atoms with Gasteiger partial charge in [0.15, 0.2) is 0 Å². The second kappa shape index (κ2) is 11.7. The van der Waals surface area contributed by atoms with Crippen LogP contribution in [-0.4, -0.2) is 0 Å². The van der Waals surface area contributed by atoms with Gasteiger partial charge in [0, 0.05) is 5.92 Å². The van der Waals surface area contributed by atoms with Crippen LogP contribution in [0.4, 0.5) is 0 Å². The molecule has 0 fully saturated rings. The third-order valence-corrected chi connectivity index (χ3v) is 8.47. The first-order valence-electron chi connectivity index (χ1n) is 14.9. The van der Waals surface area contributed by atoms with E-state index < -0.39 is 5.41 Å². The molecule has 0 spiro atoms. The van der Waals surface area contributed by atoms with Gasteiger partial charge in [-0.15, -0.1) is 0 Å². The molecule has 0 N–H and O–H groups in total. The fourth-order valence-electron chi connectivity index (χ4n) is 6.66.